The van der Waals surface area contributed by atoms with Crippen molar-refractivity contribution in [1.82, 2.24) is 9.80 Å². The number of carbonyl (C=O) groups excluding carboxylic acids is 2. The topological polar surface area (TPSA) is 59.1 Å². The smallest absolute Gasteiger partial charge is 0.248 e. The lowest BCUT2D eigenvalue weighted by Crippen LogP contribution is -2.67. The van der Waals surface area contributed by atoms with Crippen molar-refractivity contribution in [2.75, 3.05) is 39.4 Å². The van der Waals surface area contributed by atoms with Crippen LogP contribution in [0.3, 0.4) is 0 Å². The average molecular weight is 324 g/mol. The Morgan fingerprint density at radius 1 is 1.17 bits per heavy atom. The van der Waals surface area contributed by atoms with Crippen LogP contribution in [0.4, 0.5) is 0 Å². The molecule has 3 aliphatic heterocycles. The molecule has 3 fully saturated rings. The fourth-order valence-electron chi connectivity index (χ4n) is 3.79. The highest BCUT2D eigenvalue weighted by molar-refractivity contribution is 5.78. The van der Waals surface area contributed by atoms with Crippen molar-refractivity contribution in [3.05, 3.63) is 0 Å². The van der Waals surface area contributed by atoms with Gasteiger partial charge in [0.15, 0.2) is 0 Å². The third-order valence-corrected chi connectivity index (χ3v) is 5.12. The predicted molar refractivity (Wildman–Crippen MR) is 85.0 cm³/mol. The summed E-state index contributed by atoms with van der Waals surface area (Å²) in [5.74, 6) is 0.324. The van der Waals surface area contributed by atoms with Gasteiger partial charge >= 0.3 is 0 Å². The van der Waals surface area contributed by atoms with Crippen molar-refractivity contribution < 1.29 is 19.1 Å². The molecule has 130 valence electrons. The molecule has 6 nitrogen and oxygen atoms in total. The van der Waals surface area contributed by atoms with E-state index in [2.05, 4.69) is 0 Å². The number of ether oxygens (including phenoxy) is 2. The zero-order chi connectivity index (χ0) is 16.3. The molecule has 0 aromatic rings. The van der Waals surface area contributed by atoms with Gasteiger partial charge in [0.1, 0.15) is 12.2 Å². The first-order chi connectivity index (χ1) is 11.1. The van der Waals surface area contributed by atoms with Gasteiger partial charge < -0.3 is 19.3 Å². The summed E-state index contributed by atoms with van der Waals surface area (Å²) in [6.45, 7) is 5.93. The molecular weight excluding hydrogens is 296 g/mol. The number of hydrogen-bond acceptors (Lipinski definition) is 4. The molecule has 0 bridgehead atoms. The highest BCUT2D eigenvalue weighted by atomic mass is 16.5. The van der Waals surface area contributed by atoms with Crippen LogP contribution >= 0.6 is 0 Å². The number of rotatable bonds is 5. The first-order valence-corrected chi connectivity index (χ1v) is 8.93. The van der Waals surface area contributed by atoms with Crippen molar-refractivity contribution in [3.8, 4) is 0 Å². The maximum Gasteiger partial charge on any atom is 0.248 e. The SMILES string of the molecule is CCCC(=O)N1CC2(C[C@H](OCC(=O)N3CCCC3)CCO2)C1. The third-order valence-electron chi connectivity index (χ3n) is 5.12. The normalized spacial score (nSPS) is 26.4. The highest BCUT2D eigenvalue weighted by Gasteiger charge is 2.49. The van der Waals surface area contributed by atoms with Gasteiger partial charge in [-0.2, -0.15) is 0 Å². The second kappa shape index (κ2) is 7.18. The first-order valence-electron chi connectivity index (χ1n) is 8.93. The zero-order valence-electron chi connectivity index (χ0n) is 14.1. The van der Waals surface area contributed by atoms with Gasteiger partial charge in [-0.05, 0) is 25.7 Å². The number of likely N-dealkylation sites (tertiary alicyclic amines) is 2. The van der Waals surface area contributed by atoms with Crippen molar-refractivity contribution >= 4 is 11.8 Å². The molecule has 23 heavy (non-hydrogen) atoms. The van der Waals surface area contributed by atoms with Crippen molar-refractivity contribution in [3.63, 3.8) is 0 Å². The van der Waals surface area contributed by atoms with E-state index in [0.717, 1.165) is 45.2 Å². The van der Waals surface area contributed by atoms with Crippen molar-refractivity contribution in [1.29, 1.82) is 0 Å². The van der Waals surface area contributed by atoms with Gasteiger partial charge in [-0.15, -0.1) is 0 Å². The minimum absolute atomic E-state index is 0.0683. The molecule has 2 amide bonds. The Kier molecular flexibility index (Phi) is 5.21. The Bertz CT molecular complexity index is 442. The summed E-state index contributed by atoms with van der Waals surface area (Å²) in [5, 5.41) is 0. The average Bonchev–Trinajstić information content (AvgIpc) is 3.05. The van der Waals surface area contributed by atoms with Crippen LogP contribution in [0, 0.1) is 0 Å². The van der Waals surface area contributed by atoms with E-state index in [4.69, 9.17) is 9.47 Å². The second-order valence-corrected chi connectivity index (χ2v) is 7.04. The second-order valence-electron chi connectivity index (χ2n) is 7.04. The van der Waals surface area contributed by atoms with Crippen LogP contribution in [0.5, 0.6) is 0 Å². The minimum atomic E-state index is -0.233. The number of carbonyl (C=O) groups is 2. The highest BCUT2D eigenvalue weighted by Crippen LogP contribution is 2.35. The fraction of sp³-hybridized carbons (Fsp3) is 0.882. The number of hydrogen-bond donors (Lipinski definition) is 0. The van der Waals surface area contributed by atoms with Crippen LogP contribution in [0.1, 0.15) is 45.4 Å². The van der Waals surface area contributed by atoms with Gasteiger partial charge in [-0.3, -0.25) is 9.59 Å². The van der Waals surface area contributed by atoms with Crippen molar-refractivity contribution in [2.24, 2.45) is 0 Å². The molecule has 3 aliphatic rings. The van der Waals surface area contributed by atoms with Gasteiger partial charge in [-0.25, -0.2) is 0 Å². The van der Waals surface area contributed by atoms with Gasteiger partial charge in [-0.1, -0.05) is 6.92 Å². The molecular formula is C17H28N2O4. The summed E-state index contributed by atoms with van der Waals surface area (Å²) >= 11 is 0. The van der Waals surface area contributed by atoms with Gasteiger partial charge in [0.05, 0.1) is 19.2 Å². The van der Waals surface area contributed by atoms with E-state index in [-0.39, 0.29) is 30.1 Å². The number of nitrogens with zero attached hydrogens (tertiary/aromatic N) is 2. The van der Waals surface area contributed by atoms with E-state index in [0.29, 0.717) is 26.1 Å². The molecule has 1 spiro atoms. The van der Waals surface area contributed by atoms with E-state index >= 15 is 0 Å². The number of amides is 2. The molecule has 3 rings (SSSR count). The fourth-order valence-corrected chi connectivity index (χ4v) is 3.79. The van der Waals surface area contributed by atoms with E-state index in [9.17, 15) is 9.59 Å². The molecule has 0 N–H and O–H groups in total. The maximum absolute atomic E-state index is 12.1. The lowest BCUT2D eigenvalue weighted by atomic mass is 9.84. The molecule has 0 radical (unpaired) electrons. The summed E-state index contributed by atoms with van der Waals surface area (Å²) in [6.07, 6.45) is 5.39. The van der Waals surface area contributed by atoms with Gasteiger partial charge in [0.2, 0.25) is 11.8 Å². The van der Waals surface area contributed by atoms with Crippen LogP contribution < -0.4 is 0 Å². The van der Waals surface area contributed by atoms with E-state index < -0.39 is 0 Å². The lowest BCUT2D eigenvalue weighted by Gasteiger charge is -2.53. The molecule has 6 heteroatoms. The quantitative estimate of drug-likeness (QED) is 0.762. The van der Waals surface area contributed by atoms with E-state index in [1.54, 1.807) is 0 Å². The van der Waals surface area contributed by atoms with Crippen LogP contribution in [0.2, 0.25) is 0 Å². The van der Waals surface area contributed by atoms with E-state index in [1.165, 1.54) is 0 Å². The lowest BCUT2D eigenvalue weighted by molar-refractivity contribution is -0.202. The molecule has 0 aromatic heterocycles. The van der Waals surface area contributed by atoms with Crippen LogP contribution in [-0.2, 0) is 19.1 Å². The third kappa shape index (κ3) is 3.86. The van der Waals surface area contributed by atoms with Crippen molar-refractivity contribution in [2.45, 2.75) is 57.2 Å². The van der Waals surface area contributed by atoms with Gasteiger partial charge in [0.25, 0.3) is 0 Å². The molecule has 0 aromatic carbocycles. The van der Waals surface area contributed by atoms with Crippen LogP contribution in [0.25, 0.3) is 0 Å². The minimum Gasteiger partial charge on any atom is -0.371 e. The molecule has 0 aliphatic carbocycles. The Balaban J connectivity index is 1.42. The molecule has 1 atom stereocenters. The summed E-state index contributed by atoms with van der Waals surface area (Å²) in [4.78, 5) is 27.7. The standard InChI is InChI=1S/C17H28N2O4/c1-2-5-15(20)19-12-17(13-19)10-14(6-9-23-17)22-11-16(21)18-7-3-4-8-18/h14H,2-13H2,1H3/t14-/m1/s1. The molecule has 3 saturated heterocycles. The summed E-state index contributed by atoms with van der Waals surface area (Å²) < 4.78 is 11.8. The molecule has 0 unspecified atom stereocenters. The monoisotopic (exact) mass is 324 g/mol. The van der Waals surface area contributed by atoms with Crippen LogP contribution in [-0.4, -0.2) is 72.7 Å². The summed E-state index contributed by atoms with van der Waals surface area (Å²) in [7, 11) is 0. The predicted octanol–water partition coefficient (Wildman–Crippen LogP) is 1.19. The molecule has 3 heterocycles. The summed E-state index contributed by atoms with van der Waals surface area (Å²) in [6, 6.07) is 0. The maximum atomic E-state index is 12.1. The van der Waals surface area contributed by atoms with Gasteiger partial charge in [0, 0.05) is 32.5 Å². The van der Waals surface area contributed by atoms with Crippen LogP contribution in [0.15, 0.2) is 0 Å². The van der Waals surface area contributed by atoms with E-state index in [1.807, 2.05) is 16.7 Å². The Labute approximate surface area is 138 Å². The largest absolute Gasteiger partial charge is 0.371 e. The Morgan fingerprint density at radius 3 is 2.61 bits per heavy atom. The first kappa shape index (κ1) is 16.7. The zero-order valence-corrected chi connectivity index (χ0v) is 14.1. The Hall–Kier alpha value is -1.14. The Morgan fingerprint density at radius 2 is 1.91 bits per heavy atom. The summed E-state index contributed by atoms with van der Waals surface area (Å²) in [5.41, 5.74) is -0.233. The molecule has 0 saturated carbocycles.